The third-order valence-corrected chi connectivity index (χ3v) is 5.43. The van der Waals surface area contributed by atoms with Gasteiger partial charge in [0.05, 0.1) is 6.54 Å². The van der Waals surface area contributed by atoms with E-state index in [4.69, 9.17) is 0 Å². The Morgan fingerprint density at radius 2 is 2.03 bits per heavy atom. The van der Waals surface area contributed by atoms with Gasteiger partial charge in [0.15, 0.2) is 11.7 Å². The van der Waals surface area contributed by atoms with Crippen LogP contribution in [0.4, 0.5) is 19.0 Å². The van der Waals surface area contributed by atoms with Crippen LogP contribution in [-0.2, 0) is 12.7 Å². The van der Waals surface area contributed by atoms with Gasteiger partial charge in [0.25, 0.3) is 0 Å². The number of nitrogens with zero attached hydrogens (tertiary/aromatic N) is 4. The molecule has 0 amide bonds. The van der Waals surface area contributed by atoms with Gasteiger partial charge >= 0.3 is 6.18 Å². The van der Waals surface area contributed by atoms with Crippen LogP contribution in [0.1, 0.15) is 36.2 Å². The highest BCUT2D eigenvalue weighted by atomic mass is 32.1. The van der Waals surface area contributed by atoms with Gasteiger partial charge in [-0.3, -0.25) is 0 Å². The Labute approximate surface area is 172 Å². The summed E-state index contributed by atoms with van der Waals surface area (Å²) in [5.74, 6) is 1.59. The molecule has 29 heavy (non-hydrogen) atoms. The molecule has 10 heteroatoms. The van der Waals surface area contributed by atoms with Crippen LogP contribution in [0.3, 0.4) is 0 Å². The number of aliphatic imine (C=N–C) groups is 1. The number of aromatic nitrogens is 2. The summed E-state index contributed by atoms with van der Waals surface area (Å²) in [6, 6.07) is 6.27. The predicted molar refractivity (Wildman–Crippen MR) is 109 cm³/mol. The molecular weight excluding hydrogens is 401 g/mol. The monoisotopic (exact) mass is 426 g/mol. The summed E-state index contributed by atoms with van der Waals surface area (Å²) in [5.41, 5.74) is 0.142. The van der Waals surface area contributed by atoms with E-state index in [1.54, 1.807) is 0 Å². The number of hydrogen-bond acceptors (Lipinski definition) is 5. The third-order valence-electron chi connectivity index (χ3n) is 4.59. The van der Waals surface area contributed by atoms with Gasteiger partial charge in [0.1, 0.15) is 10.8 Å². The standard InChI is InChI=1S/C19H25F3N6S/c1-3-23-18(24-11-17-27-15(12-29-17)19(20,21)22)26-14-7-9-28(10-8-14)16-6-4-5-13(2)25-16/h4-6,12,14H,3,7-11H2,1-2H3,(H2,23,24,26). The lowest BCUT2D eigenvalue weighted by atomic mass is 10.1. The second kappa shape index (κ2) is 9.43. The zero-order valence-electron chi connectivity index (χ0n) is 16.5. The maximum absolute atomic E-state index is 12.7. The SMILES string of the molecule is CCNC(=NCc1nc(C(F)(F)F)cs1)NC1CCN(c2cccc(C)n2)CC1. The Balaban J connectivity index is 1.55. The van der Waals surface area contributed by atoms with Gasteiger partial charge in [-0.25, -0.2) is 15.0 Å². The van der Waals surface area contributed by atoms with E-state index in [0.717, 1.165) is 54.2 Å². The molecule has 2 aromatic heterocycles. The van der Waals surface area contributed by atoms with Crippen molar-refractivity contribution in [2.24, 2.45) is 4.99 Å². The van der Waals surface area contributed by atoms with Crippen LogP contribution >= 0.6 is 11.3 Å². The molecule has 0 aromatic carbocycles. The number of piperidine rings is 1. The van der Waals surface area contributed by atoms with Crippen LogP contribution in [0.25, 0.3) is 0 Å². The molecule has 0 spiro atoms. The van der Waals surface area contributed by atoms with Crippen LogP contribution in [0.5, 0.6) is 0 Å². The number of halogens is 3. The Morgan fingerprint density at radius 1 is 1.28 bits per heavy atom. The van der Waals surface area contributed by atoms with Gasteiger partial charge < -0.3 is 15.5 Å². The quantitative estimate of drug-likeness (QED) is 0.565. The summed E-state index contributed by atoms with van der Waals surface area (Å²) >= 11 is 0.974. The minimum atomic E-state index is -4.42. The van der Waals surface area contributed by atoms with Crippen molar-refractivity contribution in [2.45, 2.75) is 45.5 Å². The number of aryl methyl sites for hydroxylation is 1. The maximum Gasteiger partial charge on any atom is 0.434 e. The first-order chi connectivity index (χ1) is 13.8. The molecule has 3 heterocycles. The van der Waals surface area contributed by atoms with Crippen LogP contribution in [-0.4, -0.2) is 41.6 Å². The van der Waals surface area contributed by atoms with E-state index in [0.29, 0.717) is 17.5 Å². The summed E-state index contributed by atoms with van der Waals surface area (Å²) in [4.78, 5) is 14.9. The van der Waals surface area contributed by atoms with Crippen molar-refractivity contribution >= 4 is 23.1 Å². The molecule has 1 aliphatic rings. The Kier molecular flexibility index (Phi) is 6.94. The van der Waals surface area contributed by atoms with Crippen LogP contribution in [0.2, 0.25) is 0 Å². The molecule has 158 valence electrons. The molecule has 0 radical (unpaired) electrons. The van der Waals surface area contributed by atoms with Crippen molar-refractivity contribution in [1.82, 2.24) is 20.6 Å². The summed E-state index contributed by atoms with van der Waals surface area (Å²) in [7, 11) is 0. The van der Waals surface area contributed by atoms with E-state index in [9.17, 15) is 13.2 Å². The lowest BCUT2D eigenvalue weighted by Crippen LogP contribution is -2.48. The van der Waals surface area contributed by atoms with E-state index >= 15 is 0 Å². The van der Waals surface area contributed by atoms with Gasteiger partial charge in [-0.2, -0.15) is 13.2 Å². The fourth-order valence-electron chi connectivity index (χ4n) is 3.13. The minimum absolute atomic E-state index is 0.113. The van der Waals surface area contributed by atoms with Crippen LogP contribution in [0, 0.1) is 6.92 Å². The third kappa shape index (κ3) is 6.06. The molecular formula is C19H25F3N6S. The molecule has 0 atom stereocenters. The molecule has 1 aliphatic heterocycles. The number of alkyl halides is 3. The van der Waals surface area contributed by atoms with Gasteiger partial charge in [-0.1, -0.05) is 6.07 Å². The average molecular weight is 427 g/mol. The van der Waals surface area contributed by atoms with E-state index in [1.165, 1.54) is 0 Å². The zero-order valence-corrected chi connectivity index (χ0v) is 17.3. The lowest BCUT2D eigenvalue weighted by molar-refractivity contribution is -0.140. The van der Waals surface area contributed by atoms with Crippen LogP contribution in [0.15, 0.2) is 28.6 Å². The number of anilines is 1. The highest BCUT2D eigenvalue weighted by Crippen LogP contribution is 2.30. The topological polar surface area (TPSA) is 65.4 Å². The summed E-state index contributed by atoms with van der Waals surface area (Å²) in [6.07, 6.45) is -2.56. The number of thiazole rings is 1. The first-order valence-corrected chi connectivity index (χ1v) is 10.5. The van der Waals surface area contributed by atoms with E-state index in [1.807, 2.05) is 32.0 Å². The Bertz CT molecular complexity index is 827. The highest BCUT2D eigenvalue weighted by molar-refractivity contribution is 7.09. The minimum Gasteiger partial charge on any atom is -0.357 e. The molecule has 0 saturated carbocycles. The maximum atomic E-state index is 12.7. The zero-order chi connectivity index (χ0) is 20.9. The Morgan fingerprint density at radius 3 is 2.66 bits per heavy atom. The lowest BCUT2D eigenvalue weighted by Gasteiger charge is -2.34. The first-order valence-electron chi connectivity index (χ1n) is 9.60. The number of nitrogens with one attached hydrogen (secondary N) is 2. The molecule has 0 bridgehead atoms. The van der Waals surface area contributed by atoms with Gasteiger partial charge in [0, 0.05) is 36.8 Å². The molecule has 1 saturated heterocycles. The van der Waals surface area contributed by atoms with Gasteiger partial charge in [-0.05, 0) is 38.8 Å². The molecule has 3 rings (SSSR count). The average Bonchev–Trinajstić information content (AvgIpc) is 3.16. The van der Waals surface area contributed by atoms with Crippen molar-refractivity contribution in [3.63, 3.8) is 0 Å². The number of rotatable bonds is 5. The van der Waals surface area contributed by atoms with Crippen LogP contribution < -0.4 is 15.5 Å². The van der Waals surface area contributed by atoms with Crippen molar-refractivity contribution in [2.75, 3.05) is 24.5 Å². The summed E-state index contributed by atoms with van der Waals surface area (Å²) in [5, 5.41) is 7.92. The van der Waals surface area contributed by atoms with Crippen molar-refractivity contribution in [3.8, 4) is 0 Å². The summed E-state index contributed by atoms with van der Waals surface area (Å²) in [6.45, 7) is 6.49. The molecule has 1 fully saturated rings. The normalized spacial score (nSPS) is 16.2. The molecule has 2 N–H and O–H groups in total. The fraction of sp³-hybridized carbons (Fsp3) is 0.526. The largest absolute Gasteiger partial charge is 0.434 e. The van der Waals surface area contributed by atoms with E-state index in [2.05, 4.69) is 30.5 Å². The molecule has 6 nitrogen and oxygen atoms in total. The predicted octanol–water partition coefficient (Wildman–Crippen LogP) is 3.59. The first kappa shape index (κ1) is 21.4. The van der Waals surface area contributed by atoms with E-state index in [-0.39, 0.29) is 12.6 Å². The smallest absolute Gasteiger partial charge is 0.357 e. The van der Waals surface area contributed by atoms with Crippen molar-refractivity contribution in [1.29, 1.82) is 0 Å². The molecule has 0 aliphatic carbocycles. The molecule has 0 unspecified atom stereocenters. The number of pyridine rings is 1. The van der Waals surface area contributed by atoms with E-state index < -0.39 is 11.9 Å². The molecule has 2 aromatic rings. The Hall–Kier alpha value is -2.36. The summed E-state index contributed by atoms with van der Waals surface area (Å²) < 4.78 is 38.0. The van der Waals surface area contributed by atoms with Crippen molar-refractivity contribution in [3.05, 3.63) is 40.0 Å². The van der Waals surface area contributed by atoms with Gasteiger partial charge in [0.2, 0.25) is 0 Å². The second-order valence-corrected chi connectivity index (χ2v) is 7.80. The van der Waals surface area contributed by atoms with Gasteiger partial charge in [-0.15, -0.1) is 11.3 Å². The fourth-order valence-corrected chi connectivity index (χ4v) is 3.86. The van der Waals surface area contributed by atoms with Crippen molar-refractivity contribution < 1.29 is 13.2 Å². The number of guanidine groups is 1. The highest BCUT2D eigenvalue weighted by Gasteiger charge is 2.33. The number of hydrogen-bond donors (Lipinski definition) is 2. The second-order valence-electron chi connectivity index (χ2n) is 6.86.